The van der Waals surface area contributed by atoms with Crippen molar-refractivity contribution in [3.8, 4) is 6.07 Å². The molecule has 0 saturated carbocycles. The number of H-pyrrole nitrogens is 1. The van der Waals surface area contributed by atoms with Gasteiger partial charge in [0.15, 0.2) is 0 Å². The lowest BCUT2D eigenvalue weighted by atomic mass is 9.94. The number of hydrogen-bond acceptors (Lipinski definition) is 5. The predicted molar refractivity (Wildman–Crippen MR) is 123 cm³/mol. The lowest BCUT2D eigenvalue weighted by Gasteiger charge is -2.49. The van der Waals surface area contributed by atoms with Crippen LogP contribution in [0.25, 0.3) is 11.0 Å². The molecular weight excluding hydrogens is 407 g/mol. The normalized spacial score (nSPS) is 20.4. The standard InChI is InChI=1S/C24H29FN6O/c1-5-18-14-31(21-10-23(32)29(4)22-12-27-28-24(21)22)19(6-2)13-30(18)15(3)20-8-7-17(25)9-16(20)11-26/h7-10,12,15,18-19H,5-6,13-14H2,1-4H3,(H,27,28)/t15?,18-,19+/m1/s1. The average Bonchev–Trinajstić information content (AvgIpc) is 3.30. The summed E-state index contributed by atoms with van der Waals surface area (Å²) >= 11 is 0. The van der Waals surface area contributed by atoms with Crippen LogP contribution in [0.1, 0.15) is 50.8 Å². The van der Waals surface area contributed by atoms with Crippen molar-refractivity contribution in [1.82, 2.24) is 19.7 Å². The lowest BCUT2D eigenvalue weighted by molar-refractivity contribution is 0.101. The molecule has 168 valence electrons. The average molecular weight is 437 g/mol. The molecule has 4 rings (SSSR count). The number of benzene rings is 1. The van der Waals surface area contributed by atoms with Gasteiger partial charge < -0.3 is 9.47 Å². The van der Waals surface area contributed by atoms with Gasteiger partial charge in [0.25, 0.3) is 5.56 Å². The molecule has 8 heteroatoms. The molecule has 1 N–H and O–H groups in total. The maximum absolute atomic E-state index is 13.7. The van der Waals surface area contributed by atoms with E-state index in [9.17, 15) is 14.4 Å². The fourth-order valence-electron chi connectivity index (χ4n) is 4.97. The zero-order valence-electron chi connectivity index (χ0n) is 19.0. The van der Waals surface area contributed by atoms with E-state index in [4.69, 9.17) is 0 Å². The first kappa shape index (κ1) is 22.0. The molecule has 32 heavy (non-hydrogen) atoms. The van der Waals surface area contributed by atoms with Crippen molar-refractivity contribution in [2.75, 3.05) is 18.0 Å². The molecule has 1 aliphatic heterocycles. The van der Waals surface area contributed by atoms with Gasteiger partial charge in [-0.1, -0.05) is 19.9 Å². The van der Waals surface area contributed by atoms with Crippen LogP contribution >= 0.6 is 0 Å². The summed E-state index contributed by atoms with van der Waals surface area (Å²) in [6, 6.07) is 8.67. The number of aryl methyl sites for hydroxylation is 1. The number of aromatic nitrogens is 3. The Bertz CT molecular complexity index is 1230. The fraction of sp³-hybridized carbons (Fsp3) is 0.458. The number of nitrogens with zero attached hydrogens (tertiary/aromatic N) is 5. The SMILES string of the molecule is CC[C@H]1CN(C(C)c2ccc(F)cc2C#N)[C@H](CC)CN1c1cc(=O)n(C)c2c[nH]nc12. The van der Waals surface area contributed by atoms with Crippen molar-refractivity contribution in [3.05, 3.63) is 57.8 Å². The summed E-state index contributed by atoms with van der Waals surface area (Å²) in [5, 5.41) is 16.9. The van der Waals surface area contributed by atoms with Crippen LogP contribution in [-0.2, 0) is 7.05 Å². The molecule has 0 spiro atoms. The Morgan fingerprint density at radius 1 is 1.25 bits per heavy atom. The molecule has 3 aromatic rings. The summed E-state index contributed by atoms with van der Waals surface area (Å²) in [5.41, 5.74) is 3.62. The second-order valence-corrected chi connectivity index (χ2v) is 8.54. The topological polar surface area (TPSA) is 81.0 Å². The van der Waals surface area contributed by atoms with Crippen LogP contribution in [0.2, 0.25) is 0 Å². The number of fused-ring (bicyclic) bond motifs is 1. The minimum Gasteiger partial charge on any atom is -0.364 e. The zero-order valence-corrected chi connectivity index (χ0v) is 19.0. The van der Waals surface area contributed by atoms with E-state index in [2.05, 4.69) is 46.8 Å². The third-order valence-electron chi connectivity index (χ3n) is 6.89. The third-order valence-corrected chi connectivity index (χ3v) is 6.89. The van der Waals surface area contributed by atoms with Crippen LogP contribution < -0.4 is 10.5 Å². The molecule has 2 aromatic heterocycles. The number of halogens is 1. The molecule has 1 fully saturated rings. The minimum atomic E-state index is -0.394. The van der Waals surface area contributed by atoms with E-state index in [1.54, 1.807) is 29.9 Å². The molecule has 3 heterocycles. The Balaban J connectivity index is 1.71. The Kier molecular flexibility index (Phi) is 6.02. The predicted octanol–water partition coefficient (Wildman–Crippen LogP) is 3.71. The van der Waals surface area contributed by atoms with Crippen LogP contribution in [0.4, 0.5) is 10.1 Å². The Morgan fingerprint density at radius 2 is 2.00 bits per heavy atom. The lowest BCUT2D eigenvalue weighted by Crippen LogP contribution is -2.58. The second kappa shape index (κ2) is 8.75. The molecule has 1 aliphatic rings. The fourth-order valence-corrected chi connectivity index (χ4v) is 4.97. The van der Waals surface area contributed by atoms with Gasteiger partial charge >= 0.3 is 0 Å². The maximum atomic E-state index is 13.7. The van der Waals surface area contributed by atoms with Crippen LogP contribution in [0.5, 0.6) is 0 Å². The highest BCUT2D eigenvalue weighted by molar-refractivity contribution is 5.88. The van der Waals surface area contributed by atoms with Gasteiger partial charge in [0.05, 0.1) is 22.8 Å². The summed E-state index contributed by atoms with van der Waals surface area (Å²) in [6.45, 7) is 7.91. The molecule has 1 unspecified atom stereocenters. The van der Waals surface area contributed by atoms with E-state index >= 15 is 0 Å². The monoisotopic (exact) mass is 436 g/mol. The Morgan fingerprint density at radius 3 is 2.69 bits per heavy atom. The van der Waals surface area contributed by atoms with E-state index < -0.39 is 5.82 Å². The molecule has 0 aliphatic carbocycles. The van der Waals surface area contributed by atoms with Gasteiger partial charge in [-0.05, 0) is 37.5 Å². The smallest absolute Gasteiger partial charge is 0.252 e. The van der Waals surface area contributed by atoms with Gasteiger partial charge in [0.1, 0.15) is 11.3 Å². The van der Waals surface area contributed by atoms with E-state index in [1.807, 2.05) is 0 Å². The highest BCUT2D eigenvalue weighted by Crippen LogP contribution is 2.35. The van der Waals surface area contributed by atoms with E-state index in [-0.39, 0.29) is 23.7 Å². The summed E-state index contributed by atoms with van der Waals surface area (Å²) in [7, 11) is 1.76. The second-order valence-electron chi connectivity index (χ2n) is 8.54. The molecule has 1 aromatic carbocycles. The molecular formula is C24H29FN6O. The molecule has 0 bridgehead atoms. The van der Waals surface area contributed by atoms with Gasteiger partial charge in [-0.25, -0.2) is 4.39 Å². The van der Waals surface area contributed by atoms with E-state index in [1.165, 1.54) is 12.1 Å². The summed E-state index contributed by atoms with van der Waals surface area (Å²) in [5.74, 6) is -0.394. The highest BCUT2D eigenvalue weighted by atomic mass is 19.1. The summed E-state index contributed by atoms with van der Waals surface area (Å²) in [4.78, 5) is 17.4. The maximum Gasteiger partial charge on any atom is 0.252 e. The van der Waals surface area contributed by atoms with Gasteiger partial charge in [-0.3, -0.25) is 14.8 Å². The van der Waals surface area contributed by atoms with Crippen molar-refractivity contribution in [3.63, 3.8) is 0 Å². The van der Waals surface area contributed by atoms with Crippen molar-refractivity contribution in [2.45, 2.75) is 51.7 Å². The quantitative estimate of drug-likeness (QED) is 0.659. The van der Waals surface area contributed by atoms with E-state index in [0.29, 0.717) is 5.56 Å². The largest absolute Gasteiger partial charge is 0.364 e. The first-order chi connectivity index (χ1) is 15.4. The number of nitriles is 1. The molecule has 3 atom stereocenters. The van der Waals surface area contributed by atoms with Crippen molar-refractivity contribution >= 4 is 16.7 Å². The summed E-state index contributed by atoms with van der Waals surface area (Å²) < 4.78 is 15.3. The number of rotatable bonds is 5. The number of hydrogen-bond donors (Lipinski definition) is 1. The number of pyridine rings is 1. The zero-order chi connectivity index (χ0) is 23.0. The molecule has 7 nitrogen and oxygen atoms in total. The van der Waals surface area contributed by atoms with Crippen LogP contribution in [0.15, 0.2) is 35.3 Å². The number of anilines is 1. The highest BCUT2D eigenvalue weighted by Gasteiger charge is 2.36. The molecule has 0 amide bonds. The Labute approximate surface area is 187 Å². The number of aromatic amines is 1. The van der Waals surface area contributed by atoms with Gasteiger partial charge in [0.2, 0.25) is 0 Å². The van der Waals surface area contributed by atoms with Crippen LogP contribution in [-0.4, -0.2) is 44.8 Å². The van der Waals surface area contributed by atoms with Gasteiger partial charge in [0, 0.05) is 50.5 Å². The minimum absolute atomic E-state index is 0.0274. The molecule has 0 radical (unpaired) electrons. The van der Waals surface area contributed by atoms with E-state index in [0.717, 1.165) is 48.2 Å². The van der Waals surface area contributed by atoms with Crippen LogP contribution in [0, 0.1) is 17.1 Å². The van der Waals surface area contributed by atoms with Gasteiger partial charge in [-0.15, -0.1) is 0 Å². The number of piperazine rings is 1. The van der Waals surface area contributed by atoms with Crippen molar-refractivity contribution < 1.29 is 4.39 Å². The number of nitrogens with one attached hydrogen (secondary N) is 1. The first-order valence-corrected chi connectivity index (χ1v) is 11.1. The van der Waals surface area contributed by atoms with Gasteiger partial charge in [-0.2, -0.15) is 10.4 Å². The van der Waals surface area contributed by atoms with Crippen molar-refractivity contribution in [1.29, 1.82) is 5.26 Å². The summed E-state index contributed by atoms with van der Waals surface area (Å²) in [6.07, 6.45) is 3.57. The third kappa shape index (κ3) is 3.67. The van der Waals surface area contributed by atoms with Crippen LogP contribution in [0.3, 0.4) is 0 Å². The Hall–Kier alpha value is -3.18. The first-order valence-electron chi connectivity index (χ1n) is 11.1. The van der Waals surface area contributed by atoms with Crippen molar-refractivity contribution in [2.24, 2.45) is 7.05 Å². The molecule has 1 saturated heterocycles.